The number of ether oxygens (including phenoxy) is 2. The van der Waals surface area contributed by atoms with Gasteiger partial charge in [0.15, 0.2) is 0 Å². The lowest BCUT2D eigenvalue weighted by molar-refractivity contribution is -0.143. The molecule has 0 saturated carbocycles. The van der Waals surface area contributed by atoms with E-state index in [-0.39, 0.29) is 24.4 Å². The number of hydrogen-bond donors (Lipinski definition) is 0. The second-order valence-electron chi connectivity index (χ2n) is 6.51. The van der Waals surface area contributed by atoms with Crippen LogP contribution in [0.25, 0.3) is 0 Å². The van der Waals surface area contributed by atoms with Crippen molar-refractivity contribution < 1.29 is 19.1 Å². The van der Waals surface area contributed by atoms with Crippen LogP contribution in [0.15, 0.2) is 48.5 Å². The predicted octanol–water partition coefficient (Wildman–Crippen LogP) is 5.12. The lowest BCUT2D eigenvalue weighted by Crippen LogP contribution is -2.32. The van der Waals surface area contributed by atoms with Gasteiger partial charge in [-0.2, -0.15) is 0 Å². The zero-order valence-electron chi connectivity index (χ0n) is 16.5. The van der Waals surface area contributed by atoms with E-state index in [0.29, 0.717) is 41.6 Å². The van der Waals surface area contributed by atoms with Crippen molar-refractivity contribution in [3.63, 3.8) is 0 Å². The fraction of sp³-hybridized carbons (Fsp3) is 0.364. The highest BCUT2D eigenvalue weighted by molar-refractivity contribution is 6.34. The summed E-state index contributed by atoms with van der Waals surface area (Å²) in [5.74, 6) is 0.176. The molecule has 0 aliphatic heterocycles. The quantitative estimate of drug-likeness (QED) is 0.545. The van der Waals surface area contributed by atoms with Crippen LogP contribution in [-0.4, -0.2) is 31.1 Å². The van der Waals surface area contributed by atoms with Crippen LogP contribution >= 0.6 is 11.6 Å². The van der Waals surface area contributed by atoms with Crippen molar-refractivity contribution in [3.8, 4) is 5.75 Å². The largest absolute Gasteiger partial charge is 0.491 e. The molecular formula is C22H26ClNO4. The Kier molecular flexibility index (Phi) is 8.33. The molecule has 2 aromatic rings. The Balaban J connectivity index is 2.27. The third kappa shape index (κ3) is 6.27. The SMILES string of the molecule is CCOC(=O)CCCN(C(=O)c1ccccc1Cl)c1cccc(OC(C)C)c1. The number of benzene rings is 2. The molecule has 0 unspecified atom stereocenters. The number of esters is 1. The zero-order chi connectivity index (χ0) is 20.5. The number of anilines is 1. The number of amides is 1. The van der Waals surface area contributed by atoms with Gasteiger partial charge in [0.25, 0.3) is 5.91 Å². The Morgan fingerprint density at radius 2 is 1.86 bits per heavy atom. The topological polar surface area (TPSA) is 55.8 Å². The molecule has 0 radical (unpaired) electrons. The third-order valence-corrected chi connectivity index (χ3v) is 4.25. The highest BCUT2D eigenvalue weighted by Crippen LogP contribution is 2.26. The summed E-state index contributed by atoms with van der Waals surface area (Å²) in [4.78, 5) is 26.5. The number of nitrogens with zero attached hydrogens (tertiary/aromatic N) is 1. The summed E-state index contributed by atoms with van der Waals surface area (Å²) in [5, 5.41) is 0.387. The van der Waals surface area contributed by atoms with E-state index in [0.717, 1.165) is 0 Å². The minimum atomic E-state index is -0.274. The molecule has 0 spiro atoms. The standard InChI is InChI=1S/C22H26ClNO4/c1-4-27-21(25)13-8-14-24(22(26)19-11-5-6-12-20(19)23)17-9-7-10-18(15-17)28-16(2)3/h5-7,9-12,15-16H,4,8,13-14H2,1-3H3. The van der Waals surface area contributed by atoms with Crippen LogP contribution in [0, 0.1) is 0 Å². The third-order valence-electron chi connectivity index (χ3n) is 3.92. The molecule has 2 aromatic carbocycles. The van der Waals surface area contributed by atoms with Gasteiger partial charge in [0.1, 0.15) is 5.75 Å². The smallest absolute Gasteiger partial charge is 0.305 e. The summed E-state index contributed by atoms with van der Waals surface area (Å²) < 4.78 is 10.7. The summed E-state index contributed by atoms with van der Waals surface area (Å²) in [6, 6.07) is 14.3. The summed E-state index contributed by atoms with van der Waals surface area (Å²) >= 11 is 6.23. The van der Waals surface area contributed by atoms with Crippen LogP contribution in [0.3, 0.4) is 0 Å². The summed E-state index contributed by atoms with van der Waals surface area (Å²) in [6.45, 7) is 6.35. The molecule has 0 aliphatic rings. The van der Waals surface area contributed by atoms with E-state index in [1.165, 1.54) is 0 Å². The first kappa shape index (κ1) is 21.8. The number of halogens is 1. The first-order valence-electron chi connectivity index (χ1n) is 9.41. The molecule has 150 valence electrons. The highest BCUT2D eigenvalue weighted by atomic mass is 35.5. The van der Waals surface area contributed by atoms with E-state index < -0.39 is 0 Å². The van der Waals surface area contributed by atoms with Crippen molar-refractivity contribution in [3.05, 3.63) is 59.1 Å². The lowest BCUT2D eigenvalue weighted by Gasteiger charge is -2.24. The maximum absolute atomic E-state index is 13.2. The summed E-state index contributed by atoms with van der Waals surface area (Å²) in [7, 11) is 0. The van der Waals surface area contributed by atoms with Crippen LogP contribution in [-0.2, 0) is 9.53 Å². The molecule has 0 saturated heterocycles. The van der Waals surface area contributed by atoms with Crippen LogP contribution in [0.4, 0.5) is 5.69 Å². The number of hydrogen-bond acceptors (Lipinski definition) is 4. The van der Waals surface area contributed by atoms with Gasteiger partial charge in [0.05, 0.1) is 23.3 Å². The summed E-state index contributed by atoms with van der Waals surface area (Å²) in [6.07, 6.45) is 0.735. The molecule has 0 aromatic heterocycles. The van der Waals surface area contributed by atoms with Gasteiger partial charge in [-0.05, 0) is 51.5 Å². The van der Waals surface area contributed by atoms with E-state index in [9.17, 15) is 9.59 Å². The van der Waals surface area contributed by atoms with Gasteiger partial charge in [0.2, 0.25) is 0 Å². The van der Waals surface area contributed by atoms with Crippen LogP contribution < -0.4 is 9.64 Å². The molecule has 0 aliphatic carbocycles. The molecule has 0 bridgehead atoms. The number of carbonyl (C=O) groups excluding carboxylic acids is 2. The van der Waals surface area contributed by atoms with Crippen LogP contribution in [0.1, 0.15) is 44.0 Å². The average molecular weight is 404 g/mol. The minimum absolute atomic E-state index is 0.0202. The van der Waals surface area contributed by atoms with E-state index in [1.807, 2.05) is 38.1 Å². The Hall–Kier alpha value is -2.53. The fourth-order valence-corrected chi connectivity index (χ4v) is 2.96. The van der Waals surface area contributed by atoms with Crippen molar-refractivity contribution in [1.82, 2.24) is 0 Å². The molecular weight excluding hydrogens is 378 g/mol. The maximum atomic E-state index is 13.2. The Morgan fingerprint density at radius 1 is 1.11 bits per heavy atom. The van der Waals surface area contributed by atoms with Gasteiger partial charge >= 0.3 is 5.97 Å². The fourth-order valence-electron chi connectivity index (χ4n) is 2.74. The molecule has 0 fully saturated rings. The van der Waals surface area contributed by atoms with Gasteiger partial charge in [-0.3, -0.25) is 9.59 Å². The molecule has 0 N–H and O–H groups in total. The van der Waals surface area contributed by atoms with Crippen molar-refractivity contribution in [2.45, 2.75) is 39.7 Å². The van der Waals surface area contributed by atoms with Crippen LogP contribution in [0.5, 0.6) is 5.75 Å². The summed E-state index contributed by atoms with van der Waals surface area (Å²) in [5.41, 5.74) is 1.10. The predicted molar refractivity (Wildman–Crippen MR) is 111 cm³/mol. The minimum Gasteiger partial charge on any atom is -0.491 e. The van der Waals surface area contributed by atoms with Crippen LogP contribution in [0.2, 0.25) is 5.02 Å². The normalized spacial score (nSPS) is 10.6. The van der Waals surface area contributed by atoms with Crippen molar-refractivity contribution in [1.29, 1.82) is 0 Å². The second kappa shape index (κ2) is 10.7. The zero-order valence-corrected chi connectivity index (χ0v) is 17.2. The van der Waals surface area contributed by atoms with E-state index in [1.54, 1.807) is 36.1 Å². The number of carbonyl (C=O) groups is 2. The number of rotatable bonds is 9. The van der Waals surface area contributed by atoms with E-state index in [4.69, 9.17) is 21.1 Å². The van der Waals surface area contributed by atoms with Gasteiger partial charge < -0.3 is 14.4 Å². The van der Waals surface area contributed by atoms with Gasteiger partial charge in [-0.1, -0.05) is 29.8 Å². The van der Waals surface area contributed by atoms with Crippen molar-refractivity contribution in [2.24, 2.45) is 0 Å². The molecule has 5 nitrogen and oxygen atoms in total. The Labute approximate surface area is 171 Å². The lowest BCUT2D eigenvalue weighted by atomic mass is 10.1. The van der Waals surface area contributed by atoms with Crippen molar-refractivity contribution in [2.75, 3.05) is 18.1 Å². The molecule has 28 heavy (non-hydrogen) atoms. The molecule has 1 amide bonds. The Morgan fingerprint density at radius 3 is 2.54 bits per heavy atom. The first-order valence-corrected chi connectivity index (χ1v) is 9.79. The second-order valence-corrected chi connectivity index (χ2v) is 6.92. The molecule has 6 heteroatoms. The maximum Gasteiger partial charge on any atom is 0.305 e. The van der Waals surface area contributed by atoms with Gasteiger partial charge in [0, 0.05) is 24.7 Å². The first-order chi connectivity index (χ1) is 13.4. The monoisotopic (exact) mass is 403 g/mol. The van der Waals surface area contributed by atoms with E-state index in [2.05, 4.69) is 0 Å². The van der Waals surface area contributed by atoms with Gasteiger partial charge in [-0.15, -0.1) is 0 Å². The molecule has 2 rings (SSSR count). The highest BCUT2D eigenvalue weighted by Gasteiger charge is 2.21. The van der Waals surface area contributed by atoms with Gasteiger partial charge in [-0.25, -0.2) is 0 Å². The average Bonchev–Trinajstić information content (AvgIpc) is 2.65. The molecule has 0 atom stereocenters. The molecule has 0 heterocycles. The van der Waals surface area contributed by atoms with Crippen molar-refractivity contribution >= 4 is 29.2 Å². The van der Waals surface area contributed by atoms with E-state index >= 15 is 0 Å². The Bertz CT molecular complexity index is 807.